The summed E-state index contributed by atoms with van der Waals surface area (Å²) in [6.07, 6.45) is 8.60. The van der Waals surface area contributed by atoms with E-state index >= 15 is 0 Å². The van der Waals surface area contributed by atoms with Gasteiger partial charge in [0.2, 0.25) is 0 Å². The van der Waals surface area contributed by atoms with Crippen molar-refractivity contribution in [3.8, 4) is 17.5 Å². The Labute approximate surface area is 119 Å². The van der Waals surface area contributed by atoms with E-state index < -0.39 is 8.07 Å². The van der Waals surface area contributed by atoms with E-state index in [1.807, 2.05) is 6.08 Å². The molecule has 19 heavy (non-hydrogen) atoms. The minimum Gasteiger partial charge on any atom is -0.192 e. The molecule has 0 atom stereocenters. The van der Waals surface area contributed by atoms with E-state index in [0.29, 0.717) is 0 Å². The molecule has 0 radical (unpaired) electrons. The zero-order valence-corrected chi connectivity index (χ0v) is 13.9. The van der Waals surface area contributed by atoms with Gasteiger partial charge in [-0.1, -0.05) is 45.9 Å². The smallest absolute Gasteiger partial charge is 0.138 e. The lowest BCUT2D eigenvalue weighted by Crippen LogP contribution is -2.35. The van der Waals surface area contributed by atoms with E-state index in [9.17, 15) is 5.26 Å². The lowest BCUT2D eigenvalue weighted by Gasteiger charge is -2.31. The summed E-state index contributed by atoms with van der Waals surface area (Å²) in [5, 5.41) is 9.52. The van der Waals surface area contributed by atoms with Crippen LogP contribution in [-0.2, 0) is 0 Å². The number of hydrogen-bond acceptors (Lipinski definition) is 1. The van der Waals surface area contributed by atoms with E-state index in [1.54, 1.807) is 0 Å². The van der Waals surface area contributed by atoms with Crippen molar-refractivity contribution in [2.45, 2.75) is 64.6 Å². The lowest BCUT2D eigenvalue weighted by molar-refractivity contribution is 0.708. The summed E-state index contributed by atoms with van der Waals surface area (Å²) in [5.74, 6) is 3.17. The van der Waals surface area contributed by atoms with Gasteiger partial charge in [0, 0.05) is 6.08 Å². The Balaban J connectivity index is 2.92. The zero-order chi connectivity index (χ0) is 14.5. The number of rotatable bonds is 1. The Bertz CT molecular complexity index is 484. The summed E-state index contributed by atoms with van der Waals surface area (Å²) in [6.45, 7) is 11.4. The second-order valence-corrected chi connectivity index (χ2v) is 11.8. The SMILES string of the molecule is CC(C)(C)[Si](C)(C)C#C/C=C(\C#N)C1=CCCCC1. The highest BCUT2D eigenvalue weighted by atomic mass is 28.3. The van der Waals surface area contributed by atoms with Crippen molar-refractivity contribution in [1.29, 1.82) is 5.26 Å². The molecule has 1 aliphatic carbocycles. The van der Waals surface area contributed by atoms with Crippen LogP contribution in [0.5, 0.6) is 0 Å². The van der Waals surface area contributed by atoms with E-state index in [0.717, 1.165) is 18.4 Å². The molecule has 1 rings (SSSR count). The van der Waals surface area contributed by atoms with Gasteiger partial charge in [-0.3, -0.25) is 0 Å². The number of allylic oxidation sites excluding steroid dienone is 4. The monoisotopic (exact) mass is 271 g/mol. The summed E-state index contributed by atoms with van der Waals surface area (Å²) in [5.41, 5.74) is 5.40. The zero-order valence-electron chi connectivity index (χ0n) is 12.9. The third kappa shape index (κ3) is 4.41. The molecule has 0 spiro atoms. The Morgan fingerprint density at radius 1 is 1.32 bits per heavy atom. The highest BCUT2D eigenvalue weighted by molar-refractivity contribution is 6.87. The second kappa shape index (κ2) is 6.26. The van der Waals surface area contributed by atoms with Crippen LogP contribution in [0.15, 0.2) is 23.3 Å². The molecule has 0 saturated heterocycles. The van der Waals surface area contributed by atoms with Gasteiger partial charge < -0.3 is 0 Å². The van der Waals surface area contributed by atoms with Crippen LogP contribution in [0, 0.1) is 22.8 Å². The van der Waals surface area contributed by atoms with Gasteiger partial charge in [0.25, 0.3) is 0 Å². The molecule has 0 aliphatic heterocycles. The van der Waals surface area contributed by atoms with Gasteiger partial charge in [0.05, 0.1) is 5.57 Å². The van der Waals surface area contributed by atoms with Gasteiger partial charge in [0.1, 0.15) is 14.1 Å². The normalized spacial score (nSPS) is 17.1. The maximum Gasteiger partial charge on any atom is 0.138 e. The van der Waals surface area contributed by atoms with Gasteiger partial charge in [-0.05, 0) is 36.3 Å². The molecule has 1 nitrogen and oxygen atoms in total. The molecule has 0 fully saturated rings. The molecule has 0 aromatic carbocycles. The molecule has 0 saturated carbocycles. The third-order valence-electron chi connectivity index (χ3n) is 4.23. The second-order valence-electron chi connectivity index (χ2n) is 6.79. The lowest BCUT2D eigenvalue weighted by atomic mass is 9.94. The first kappa shape index (κ1) is 15.8. The fourth-order valence-corrected chi connectivity index (χ4v) is 2.56. The Morgan fingerprint density at radius 3 is 2.47 bits per heavy atom. The number of nitriles is 1. The summed E-state index contributed by atoms with van der Waals surface area (Å²) in [6, 6.07) is 2.30. The van der Waals surface area contributed by atoms with Crippen LogP contribution in [0.2, 0.25) is 18.1 Å². The fraction of sp³-hybridized carbons (Fsp3) is 0.588. The third-order valence-corrected chi connectivity index (χ3v) is 8.75. The van der Waals surface area contributed by atoms with E-state index in [1.165, 1.54) is 18.4 Å². The summed E-state index contributed by atoms with van der Waals surface area (Å²) < 4.78 is 0. The summed E-state index contributed by atoms with van der Waals surface area (Å²) >= 11 is 0. The van der Waals surface area contributed by atoms with Crippen molar-refractivity contribution in [3.05, 3.63) is 23.3 Å². The van der Waals surface area contributed by atoms with Gasteiger partial charge >= 0.3 is 0 Å². The van der Waals surface area contributed by atoms with Crippen molar-refractivity contribution in [1.82, 2.24) is 0 Å². The highest BCUT2D eigenvalue weighted by Crippen LogP contribution is 2.35. The average molecular weight is 271 g/mol. The standard InChI is InChI=1S/C17H25NSi/c1-17(2,3)19(4,5)13-9-12-16(14-18)15-10-7-6-8-11-15/h10,12H,6-8,11H2,1-5H3/b16-12+. The van der Waals surface area contributed by atoms with Gasteiger partial charge in [-0.2, -0.15) is 5.26 Å². The van der Waals surface area contributed by atoms with Crippen molar-refractivity contribution in [2.75, 3.05) is 0 Å². The van der Waals surface area contributed by atoms with Gasteiger partial charge in [0.15, 0.2) is 0 Å². The van der Waals surface area contributed by atoms with Crippen LogP contribution in [0.25, 0.3) is 0 Å². The quantitative estimate of drug-likeness (QED) is 0.374. The van der Waals surface area contributed by atoms with Gasteiger partial charge in [-0.15, -0.1) is 5.54 Å². The molecule has 2 heteroatoms. The summed E-state index contributed by atoms with van der Waals surface area (Å²) in [4.78, 5) is 0. The fourth-order valence-electron chi connectivity index (χ4n) is 1.76. The van der Waals surface area contributed by atoms with Crippen molar-refractivity contribution < 1.29 is 0 Å². The highest BCUT2D eigenvalue weighted by Gasteiger charge is 2.33. The molecule has 0 bridgehead atoms. The maximum absolute atomic E-state index is 9.25. The van der Waals surface area contributed by atoms with Crippen LogP contribution in [0.4, 0.5) is 0 Å². The first-order valence-corrected chi connectivity index (χ1v) is 10.1. The number of nitrogens with zero attached hydrogens (tertiary/aromatic N) is 1. The molecule has 0 heterocycles. The van der Waals surface area contributed by atoms with Crippen LogP contribution in [0.3, 0.4) is 0 Å². The van der Waals surface area contributed by atoms with Gasteiger partial charge in [-0.25, -0.2) is 0 Å². The Kier molecular flexibility index (Phi) is 5.21. The molecule has 0 N–H and O–H groups in total. The molecular formula is C17H25NSi. The largest absolute Gasteiger partial charge is 0.192 e. The average Bonchev–Trinajstić information content (AvgIpc) is 2.34. The molecule has 0 unspecified atom stereocenters. The van der Waals surface area contributed by atoms with Crippen LogP contribution < -0.4 is 0 Å². The molecule has 0 aromatic heterocycles. The van der Waals surface area contributed by atoms with E-state index in [4.69, 9.17) is 0 Å². The first-order chi connectivity index (χ1) is 8.78. The molecule has 102 valence electrons. The predicted molar refractivity (Wildman–Crippen MR) is 85.2 cm³/mol. The van der Waals surface area contributed by atoms with Crippen LogP contribution in [-0.4, -0.2) is 8.07 Å². The minimum atomic E-state index is -1.57. The Morgan fingerprint density at radius 2 is 2.00 bits per heavy atom. The minimum absolute atomic E-state index is 0.269. The number of hydrogen-bond donors (Lipinski definition) is 0. The van der Waals surface area contributed by atoms with Crippen molar-refractivity contribution >= 4 is 8.07 Å². The molecular weight excluding hydrogens is 246 g/mol. The van der Waals surface area contributed by atoms with Crippen LogP contribution in [0.1, 0.15) is 46.5 Å². The van der Waals surface area contributed by atoms with E-state index in [2.05, 4.69) is 57.5 Å². The topological polar surface area (TPSA) is 23.8 Å². The first-order valence-electron chi connectivity index (χ1n) is 7.10. The molecule has 0 aromatic rings. The van der Waals surface area contributed by atoms with Crippen molar-refractivity contribution in [3.63, 3.8) is 0 Å². The molecule has 1 aliphatic rings. The summed E-state index contributed by atoms with van der Waals surface area (Å²) in [7, 11) is -1.57. The maximum atomic E-state index is 9.25. The predicted octanol–water partition coefficient (Wildman–Crippen LogP) is 4.99. The van der Waals surface area contributed by atoms with E-state index in [-0.39, 0.29) is 5.04 Å². The Hall–Kier alpha value is -1.25. The molecule has 0 amide bonds. The van der Waals surface area contributed by atoms with Crippen LogP contribution >= 0.6 is 0 Å². The van der Waals surface area contributed by atoms with Crippen molar-refractivity contribution in [2.24, 2.45) is 0 Å².